The lowest BCUT2D eigenvalue weighted by Crippen LogP contribution is -2.56. The van der Waals surface area contributed by atoms with Crippen LogP contribution in [0, 0.1) is 0 Å². The third kappa shape index (κ3) is 2.49. The van der Waals surface area contributed by atoms with Gasteiger partial charge in [0, 0.05) is 35.5 Å². The van der Waals surface area contributed by atoms with Crippen LogP contribution in [0.15, 0.2) is 15.9 Å². The maximum atomic E-state index is 12.4. The Bertz CT molecular complexity index is 448. The third-order valence-corrected chi connectivity index (χ3v) is 5.58. The average Bonchev–Trinajstić information content (AvgIpc) is 2.84. The van der Waals surface area contributed by atoms with Gasteiger partial charge in [0.15, 0.2) is 0 Å². The first-order chi connectivity index (χ1) is 8.74. The number of fused-ring (bicyclic) bond motifs is 1. The molecule has 0 saturated carbocycles. The minimum atomic E-state index is 0.205. The van der Waals surface area contributed by atoms with Crippen LogP contribution in [0.2, 0.25) is 0 Å². The van der Waals surface area contributed by atoms with Crippen LogP contribution in [0.4, 0.5) is 0 Å². The molecule has 1 aromatic rings. The van der Waals surface area contributed by atoms with Gasteiger partial charge in [0.05, 0.1) is 4.88 Å². The van der Waals surface area contributed by atoms with Crippen molar-refractivity contribution in [3.05, 3.63) is 20.8 Å². The van der Waals surface area contributed by atoms with Crippen LogP contribution in [0.3, 0.4) is 0 Å². The van der Waals surface area contributed by atoms with Gasteiger partial charge in [-0.05, 0) is 41.4 Å². The highest BCUT2D eigenvalue weighted by Gasteiger charge is 2.31. The molecule has 0 aromatic carbocycles. The van der Waals surface area contributed by atoms with Gasteiger partial charge in [-0.3, -0.25) is 9.69 Å². The minimum Gasteiger partial charge on any atom is -0.335 e. The standard InChI is InChI=1S/C13H17BrN2OS/c14-10-7-12(18-9-10)13(17)16-6-5-15-4-2-1-3-11(15)8-16/h7,9,11H,1-6,8H2/t11-/m0/s1. The van der Waals surface area contributed by atoms with E-state index >= 15 is 0 Å². The molecule has 3 heterocycles. The number of hydrogen-bond acceptors (Lipinski definition) is 3. The maximum Gasteiger partial charge on any atom is 0.264 e. The molecule has 0 radical (unpaired) electrons. The van der Waals surface area contributed by atoms with E-state index in [4.69, 9.17) is 0 Å². The highest BCUT2D eigenvalue weighted by molar-refractivity contribution is 9.10. The van der Waals surface area contributed by atoms with E-state index in [1.165, 1.54) is 37.1 Å². The van der Waals surface area contributed by atoms with Crippen LogP contribution >= 0.6 is 27.3 Å². The van der Waals surface area contributed by atoms with Crippen LogP contribution in [0.5, 0.6) is 0 Å². The fraction of sp³-hybridized carbons (Fsp3) is 0.615. The number of piperazine rings is 1. The van der Waals surface area contributed by atoms with Gasteiger partial charge in [0.25, 0.3) is 5.91 Å². The summed E-state index contributed by atoms with van der Waals surface area (Å²) in [6.45, 7) is 4.05. The molecule has 1 amide bonds. The second-order valence-electron chi connectivity index (χ2n) is 5.07. The summed E-state index contributed by atoms with van der Waals surface area (Å²) in [6, 6.07) is 2.53. The van der Waals surface area contributed by atoms with Crippen molar-refractivity contribution < 1.29 is 4.79 Å². The molecule has 2 saturated heterocycles. The number of carbonyl (C=O) groups is 1. The average molecular weight is 329 g/mol. The van der Waals surface area contributed by atoms with Crippen molar-refractivity contribution in [3.63, 3.8) is 0 Å². The van der Waals surface area contributed by atoms with Gasteiger partial charge >= 0.3 is 0 Å². The molecule has 18 heavy (non-hydrogen) atoms. The molecular weight excluding hydrogens is 312 g/mol. The lowest BCUT2D eigenvalue weighted by Gasteiger charge is -2.43. The van der Waals surface area contributed by atoms with E-state index in [0.717, 1.165) is 29.0 Å². The van der Waals surface area contributed by atoms with Gasteiger partial charge in [-0.25, -0.2) is 0 Å². The number of hydrogen-bond donors (Lipinski definition) is 0. The number of carbonyl (C=O) groups excluding carboxylic acids is 1. The smallest absolute Gasteiger partial charge is 0.264 e. The molecule has 2 aliphatic heterocycles. The SMILES string of the molecule is O=C(c1cc(Br)cs1)N1CCN2CCCC[C@H]2C1. The minimum absolute atomic E-state index is 0.205. The molecule has 5 heteroatoms. The Morgan fingerprint density at radius 3 is 3.00 bits per heavy atom. The van der Waals surface area contributed by atoms with Gasteiger partial charge in [0.1, 0.15) is 0 Å². The van der Waals surface area contributed by atoms with E-state index in [1.54, 1.807) is 0 Å². The number of amides is 1. The van der Waals surface area contributed by atoms with E-state index in [9.17, 15) is 4.79 Å². The summed E-state index contributed by atoms with van der Waals surface area (Å²) >= 11 is 4.94. The molecule has 2 aliphatic rings. The maximum absolute atomic E-state index is 12.4. The summed E-state index contributed by atoms with van der Waals surface area (Å²) in [7, 11) is 0. The summed E-state index contributed by atoms with van der Waals surface area (Å²) in [5.41, 5.74) is 0. The topological polar surface area (TPSA) is 23.6 Å². The van der Waals surface area contributed by atoms with Crippen LogP contribution < -0.4 is 0 Å². The summed E-state index contributed by atoms with van der Waals surface area (Å²) in [4.78, 5) is 17.8. The van der Waals surface area contributed by atoms with E-state index in [0.29, 0.717) is 6.04 Å². The van der Waals surface area contributed by atoms with E-state index < -0.39 is 0 Å². The van der Waals surface area contributed by atoms with E-state index in [1.807, 2.05) is 16.3 Å². The second kappa shape index (κ2) is 5.31. The zero-order chi connectivity index (χ0) is 12.5. The Hall–Kier alpha value is -0.390. The van der Waals surface area contributed by atoms with Crippen molar-refractivity contribution in [1.82, 2.24) is 9.80 Å². The van der Waals surface area contributed by atoms with Gasteiger partial charge in [-0.1, -0.05) is 6.42 Å². The quantitative estimate of drug-likeness (QED) is 0.791. The molecule has 1 aromatic heterocycles. The van der Waals surface area contributed by atoms with Crippen molar-refractivity contribution in [3.8, 4) is 0 Å². The van der Waals surface area contributed by atoms with E-state index in [2.05, 4.69) is 20.8 Å². The Balaban J connectivity index is 1.68. The molecular formula is C13H17BrN2OS. The molecule has 3 nitrogen and oxygen atoms in total. The Kier molecular flexibility index (Phi) is 3.73. The third-order valence-electron chi connectivity index (χ3n) is 3.90. The fourth-order valence-electron chi connectivity index (χ4n) is 2.92. The van der Waals surface area contributed by atoms with Crippen LogP contribution in [0.25, 0.3) is 0 Å². The van der Waals surface area contributed by atoms with Crippen molar-refractivity contribution in [2.45, 2.75) is 25.3 Å². The Labute approximate surface area is 120 Å². The first-order valence-electron chi connectivity index (χ1n) is 6.51. The van der Waals surface area contributed by atoms with Crippen LogP contribution in [0.1, 0.15) is 28.9 Å². The van der Waals surface area contributed by atoms with Crippen molar-refractivity contribution in [1.29, 1.82) is 0 Å². The normalized spacial score (nSPS) is 24.9. The highest BCUT2D eigenvalue weighted by atomic mass is 79.9. The molecule has 2 fully saturated rings. The van der Waals surface area contributed by atoms with Gasteiger partial charge < -0.3 is 4.90 Å². The predicted octanol–water partition coefficient (Wildman–Crippen LogP) is 2.82. The summed E-state index contributed by atoms with van der Waals surface area (Å²) in [6.07, 6.45) is 3.88. The number of thiophene rings is 1. The Morgan fingerprint density at radius 1 is 1.33 bits per heavy atom. The van der Waals surface area contributed by atoms with Gasteiger partial charge in [-0.15, -0.1) is 11.3 Å². The van der Waals surface area contributed by atoms with Crippen molar-refractivity contribution in [2.24, 2.45) is 0 Å². The lowest BCUT2D eigenvalue weighted by atomic mass is 9.99. The summed E-state index contributed by atoms with van der Waals surface area (Å²) in [5, 5.41) is 1.98. The number of halogens is 1. The summed E-state index contributed by atoms with van der Waals surface area (Å²) in [5.74, 6) is 0.205. The van der Waals surface area contributed by atoms with Gasteiger partial charge in [0.2, 0.25) is 0 Å². The lowest BCUT2D eigenvalue weighted by molar-refractivity contribution is 0.0376. The highest BCUT2D eigenvalue weighted by Crippen LogP contribution is 2.25. The van der Waals surface area contributed by atoms with Gasteiger partial charge in [-0.2, -0.15) is 0 Å². The largest absolute Gasteiger partial charge is 0.335 e. The summed E-state index contributed by atoms with van der Waals surface area (Å²) < 4.78 is 1.01. The monoisotopic (exact) mass is 328 g/mol. The number of rotatable bonds is 1. The van der Waals surface area contributed by atoms with Crippen molar-refractivity contribution >= 4 is 33.2 Å². The zero-order valence-corrected chi connectivity index (χ0v) is 12.7. The number of piperidine rings is 1. The molecule has 0 bridgehead atoms. The van der Waals surface area contributed by atoms with Crippen molar-refractivity contribution in [2.75, 3.05) is 26.2 Å². The Morgan fingerprint density at radius 2 is 2.22 bits per heavy atom. The van der Waals surface area contributed by atoms with E-state index in [-0.39, 0.29) is 5.91 Å². The molecule has 98 valence electrons. The molecule has 0 unspecified atom stereocenters. The fourth-order valence-corrected chi connectivity index (χ4v) is 4.31. The first kappa shape index (κ1) is 12.6. The number of nitrogens with zero attached hydrogens (tertiary/aromatic N) is 2. The first-order valence-corrected chi connectivity index (χ1v) is 8.18. The molecule has 3 rings (SSSR count). The van der Waals surface area contributed by atoms with Crippen LogP contribution in [-0.2, 0) is 0 Å². The second-order valence-corrected chi connectivity index (χ2v) is 6.89. The molecule has 1 atom stereocenters. The molecule has 0 aliphatic carbocycles. The molecule has 0 N–H and O–H groups in total. The zero-order valence-electron chi connectivity index (χ0n) is 10.3. The molecule has 0 spiro atoms. The predicted molar refractivity (Wildman–Crippen MR) is 77.1 cm³/mol. The van der Waals surface area contributed by atoms with Crippen LogP contribution in [-0.4, -0.2) is 47.9 Å².